The van der Waals surface area contributed by atoms with Gasteiger partial charge in [-0.05, 0) is 25.8 Å². The molecule has 0 spiro atoms. The SMILES string of the molecule is O=[N+]([O-])c1ncc(C(F)F)c(Br)c1C(F)(F)F. The molecule has 10 heteroatoms. The number of hydrogen-bond acceptors (Lipinski definition) is 3. The molecular formula is C7H2BrF5N2O2. The predicted molar refractivity (Wildman–Crippen MR) is 48.6 cm³/mol. The minimum absolute atomic E-state index is 0.335. The quantitative estimate of drug-likeness (QED) is 0.474. The maximum Gasteiger partial charge on any atom is 0.425 e. The van der Waals surface area contributed by atoms with Crippen molar-refractivity contribution in [1.29, 1.82) is 0 Å². The lowest BCUT2D eigenvalue weighted by atomic mass is 10.2. The molecule has 0 N–H and O–H groups in total. The highest BCUT2D eigenvalue weighted by Crippen LogP contribution is 2.43. The van der Waals surface area contributed by atoms with Gasteiger partial charge in [-0.3, -0.25) is 0 Å². The molecule has 0 aliphatic carbocycles. The molecule has 0 saturated heterocycles. The van der Waals surface area contributed by atoms with Crippen molar-refractivity contribution in [1.82, 2.24) is 4.98 Å². The van der Waals surface area contributed by atoms with Crippen molar-refractivity contribution in [3.05, 3.63) is 31.9 Å². The van der Waals surface area contributed by atoms with E-state index in [1.54, 1.807) is 0 Å². The summed E-state index contributed by atoms with van der Waals surface area (Å²) in [4.78, 5) is 11.7. The van der Waals surface area contributed by atoms with Gasteiger partial charge in [-0.15, -0.1) is 0 Å². The van der Waals surface area contributed by atoms with E-state index < -0.39 is 38.9 Å². The number of hydrogen-bond donors (Lipinski definition) is 0. The van der Waals surface area contributed by atoms with E-state index in [0.29, 0.717) is 6.20 Å². The second kappa shape index (κ2) is 4.51. The molecule has 0 radical (unpaired) electrons. The Morgan fingerprint density at radius 1 is 1.41 bits per heavy atom. The predicted octanol–water partition coefficient (Wildman–Crippen LogP) is 3.71. The third-order valence-electron chi connectivity index (χ3n) is 1.71. The summed E-state index contributed by atoms with van der Waals surface area (Å²) >= 11 is 2.29. The van der Waals surface area contributed by atoms with Gasteiger partial charge >= 0.3 is 12.0 Å². The van der Waals surface area contributed by atoms with E-state index in [9.17, 15) is 32.1 Å². The van der Waals surface area contributed by atoms with E-state index in [4.69, 9.17) is 0 Å². The summed E-state index contributed by atoms with van der Waals surface area (Å²) in [6, 6.07) is 0. The van der Waals surface area contributed by atoms with Crippen molar-refractivity contribution in [3.8, 4) is 0 Å². The van der Waals surface area contributed by atoms with E-state index in [0.717, 1.165) is 0 Å². The van der Waals surface area contributed by atoms with Crippen LogP contribution < -0.4 is 0 Å². The first-order chi connectivity index (χ1) is 7.66. The van der Waals surface area contributed by atoms with Crippen LogP contribution >= 0.6 is 15.9 Å². The molecule has 4 nitrogen and oxygen atoms in total. The Balaban J connectivity index is 3.60. The molecule has 0 amide bonds. The number of nitro groups is 1. The molecule has 1 aromatic rings. The van der Waals surface area contributed by atoms with Crippen LogP contribution in [0.5, 0.6) is 0 Å². The van der Waals surface area contributed by atoms with E-state index in [1.807, 2.05) is 0 Å². The number of alkyl halides is 5. The first-order valence-electron chi connectivity index (χ1n) is 3.84. The van der Waals surface area contributed by atoms with Crippen molar-refractivity contribution >= 4 is 21.7 Å². The zero-order valence-corrected chi connectivity index (χ0v) is 9.22. The molecule has 94 valence electrons. The zero-order valence-electron chi connectivity index (χ0n) is 7.63. The highest BCUT2D eigenvalue weighted by Gasteiger charge is 2.43. The maximum atomic E-state index is 12.5. The van der Waals surface area contributed by atoms with Gasteiger partial charge in [-0.1, -0.05) is 0 Å². The van der Waals surface area contributed by atoms with Crippen LogP contribution in [0.1, 0.15) is 17.6 Å². The summed E-state index contributed by atoms with van der Waals surface area (Å²) < 4.78 is 61.1. The van der Waals surface area contributed by atoms with Crippen LogP contribution in [0.4, 0.5) is 27.8 Å². The van der Waals surface area contributed by atoms with Crippen molar-refractivity contribution in [2.45, 2.75) is 12.6 Å². The Bertz CT molecular complexity index is 462. The van der Waals surface area contributed by atoms with Crippen LogP contribution in [0.15, 0.2) is 10.7 Å². The number of rotatable bonds is 2. The van der Waals surface area contributed by atoms with Gasteiger partial charge in [-0.25, -0.2) is 8.78 Å². The van der Waals surface area contributed by atoms with Crippen LogP contribution in [-0.2, 0) is 6.18 Å². The van der Waals surface area contributed by atoms with Crippen LogP contribution in [0, 0.1) is 10.1 Å². The molecular weight excluding hydrogens is 319 g/mol. The highest BCUT2D eigenvalue weighted by atomic mass is 79.9. The molecule has 0 atom stereocenters. The Morgan fingerprint density at radius 2 is 1.94 bits per heavy atom. The van der Waals surface area contributed by atoms with E-state index in [1.165, 1.54) is 0 Å². The van der Waals surface area contributed by atoms with Crippen molar-refractivity contribution in [2.75, 3.05) is 0 Å². The number of halogens is 6. The fourth-order valence-electron chi connectivity index (χ4n) is 1.04. The Labute approximate surface area is 98.7 Å². The molecule has 1 aromatic heterocycles. The molecule has 1 heterocycles. The summed E-state index contributed by atoms with van der Waals surface area (Å²) in [5.41, 5.74) is -2.87. The zero-order chi connectivity index (χ0) is 13.4. The molecule has 0 fully saturated rings. The Morgan fingerprint density at radius 3 is 2.29 bits per heavy atom. The fraction of sp³-hybridized carbons (Fsp3) is 0.286. The van der Waals surface area contributed by atoms with Crippen LogP contribution in [0.3, 0.4) is 0 Å². The van der Waals surface area contributed by atoms with E-state index in [-0.39, 0.29) is 0 Å². The molecule has 17 heavy (non-hydrogen) atoms. The van der Waals surface area contributed by atoms with Gasteiger partial charge in [0.1, 0.15) is 6.20 Å². The lowest BCUT2D eigenvalue weighted by molar-refractivity contribution is -0.392. The average Bonchev–Trinajstić information content (AvgIpc) is 2.14. The Kier molecular flexibility index (Phi) is 3.65. The minimum atomic E-state index is -5.15. The number of nitrogens with zero attached hydrogens (tertiary/aromatic N) is 2. The fourth-order valence-corrected chi connectivity index (χ4v) is 1.71. The summed E-state index contributed by atoms with van der Waals surface area (Å²) in [6.45, 7) is 0. The second-order valence-corrected chi connectivity index (χ2v) is 3.57. The standard InChI is InChI=1S/C7H2BrF5N2O2/c8-4-2(5(9)10)1-14-6(15(16)17)3(4)7(11,12)13/h1,5H. The maximum absolute atomic E-state index is 12.5. The molecule has 1 rings (SSSR count). The van der Waals surface area contributed by atoms with Crippen LogP contribution in [0.25, 0.3) is 0 Å². The van der Waals surface area contributed by atoms with Gasteiger partial charge in [0.05, 0.1) is 10.0 Å². The van der Waals surface area contributed by atoms with Gasteiger partial charge in [0.25, 0.3) is 6.43 Å². The lowest BCUT2D eigenvalue weighted by Gasteiger charge is -2.11. The molecule has 0 aromatic carbocycles. The molecule has 0 unspecified atom stereocenters. The third kappa shape index (κ3) is 2.68. The monoisotopic (exact) mass is 320 g/mol. The smallest absolute Gasteiger partial charge is 0.358 e. The Hall–Kier alpha value is -1.32. The topological polar surface area (TPSA) is 56.0 Å². The summed E-state index contributed by atoms with van der Waals surface area (Å²) in [5, 5.41) is 10.3. The van der Waals surface area contributed by atoms with Gasteiger partial charge in [0.15, 0.2) is 5.56 Å². The average molecular weight is 321 g/mol. The first-order valence-corrected chi connectivity index (χ1v) is 4.63. The van der Waals surface area contributed by atoms with Gasteiger partial charge in [0, 0.05) is 0 Å². The van der Waals surface area contributed by atoms with Crippen LogP contribution in [0.2, 0.25) is 0 Å². The van der Waals surface area contributed by atoms with Crippen molar-refractivity contribution in [3.63, 3.8) is 0 Å². The summed E-state index contributed by atoms with van der Waals surface area (Å²) in [6.07, 6.45) is -8.04. The number of pyridine rings is 1. The highest BCUT2D eigenvalue weighted by molar-refractivity contribution is 9.10. The van der Waals surface area contributed by atoms with E-state index in [2.05, 4.69) is 20.9 Å². The minimum Gasteiger partial charge on any atom is -0.358 e. The van der Waals surface area contributed by atoms with Gasteiger partial charge in [0.2, 0.25) is 0 Å². The van der Waals surface area contributed by atoms with Gasteiger partial charge < -0.3 is 10.1 Å². The van der Waals surface area contributed by atoms with Gasteiger partial charge in [-0.2, -0.15) is 13.2 Å². The molecule has 0 saturated carbocycles. The summed E-state index contributed by atoms with van der Waals surface area (Å²) in [5.74, 6) is -1.52. The third-order valence-corrected chi connectivity index (χ3v) is 2.57. The first kappa shape index (κ1) is 13.7. The lowest BCUT2D eigenvalue weighted by Crippen LogP contribution is -2.13. The molecule has 0 aliphatic heterocycles. The van der Waals surface area contributed by atoms with E-state index >= 15 is 0 Å². The summed E-state index contributed by atoms with van der Waals surface area (Å²) in [7, 11) is 0. The largest absolute Gasteiger partial charge is 0.425 e. The normalized spacial score (nSPS) is 11.9. The van der Waals surface area contributed by atoms with Crippen LogP contribution in [-0.4, -0.2) is 9.91 Å². The molecule has 0 bridgehead atoms. The van der Waals surface area contributed by atoms with Crippen molar-refractivity contribution in [2.24, 2.45) is 0 Å². The number of aromatic nitrogens is 1. The van der Waals surface area contributed by atoms with Crippen molar-refractivity contribution < 1.29 is 26.9 Å². The second-order valence-electron chi connectivity index (χ2n) is 2.78. The molecule has 0 aliphatic rings.